The summed E-state index contributed by atoms with van der Waals surface area (Å²) >= 11 is 0. The minimum absolute atomic E-state index is 0.206. The Morgan fingerprint density at radius 2 is 1.86 bits per heavy atom. The van der Waals surface area contributed by atoms with Crippen LogP contribution >= 0.6 is 0 Å². The number of phenolic OH excluding ortho intramolecular Hbond substituents is 2. The molecular weight excluding hydrogens is 274 g/mol. The maximum atomic E-state index is 12.0. The molecule has 3 N–H and O–H groups in total. The molecule has 1 aliphatic rings. The second-order valence-electron chi connectivity index (χ2n) is 4.57. The molecule has 0 unspecified atom stereocenters. The van der Waals surface area contributed by atoms with Crippen molar-refractivity contribution in [3.05, 3.63) is 47.5 Å². The lowest BCUT2D eigenvalue weighted by Crippen LogP contribution is -2.22. The van der Waals surface area contributed by atoms with Crippen LogP contribution in [-0.2, 0) is 6.54 Å². The Bertz CT molecular complexity index is 698. The van der Waals surface area contributed by atoms with E-state index >= 15 is 0 Å². The molecule has 1 aliphatic heterocycles. The molecule has 0 spiro atoms. The average molecular weight is 287 g/mol. The van der Waals surface area contributed by atoms with Gasteiger partial charge in [-0.25, -0.2) is 0 Å². The molecule has 0 atom stereocenters. The Morgan fingerprint density at radius 3 is 2.67 bits per heavy atom. The van der Waals surface area contributed by atoms with E-state index in [1.807, 2.05) is 6.07 Å². The van der Waals surface area contributed by atoms with Crippen molar-refractivity contribution in [3.63, 3.8) is 0 Å². The molecule has 108 valence electrons. The summed E-state index contributed by atoms with van der Waals surface area (Å²) in [6.07, 6.45) is 0. The smallest absolute Gasteiger partial charge is 0.251 e. The standard InChI is InChI=1S/C15H13NO5/c17-11-3-2-10(6-12(11)18)15(19)16-7-9-1-4-13-14(5-9)21-8-20-13/h1-6,17-18H,7-8H2,(H,16,19). The Morgan fingerprint density at radius 1 is 1.05 bits per heavy atom. The van der Waals surface area contributed by atoms with Crippen molar-refractivity contribution < 1.29 is 24.5 Å². The highest BCUT2D eigenvalue weighted by molar-refractivity contribution is 5.94. The fourth-order valence-corrected chi connectivity index (χ4v) is 2.00. The lowest BCUT2D eigenvalue weighted by molar-refractivity contribution is 0.0950. The van der Waals surface area contributed by atoms with E-state index in [1.165, 1.54) is 18.2 Å². The lowest BCUT2D eigenvalue weighted by atomic mass is 10.1. The monoisotopic (exact) mass is 287 g/mol. The third-order valence-electron chi connectivity index (χ3n) is 3.13. The molecule has 0 radical (unpaired) electrons. The molecule has 3 rings (SSSR count). The predicted molar refractivity (Wildman–Crippen MR) is 73.5 cm³/mol. The molecule has 2 aromatic rings. The molecule has 0 fully saturated rings. The molecule has 1 amide bonds. The number of amides is 1. The van der Waals surface area contributed by atoms with Gasteiger partial charge in [0.1, 0.15) is 0 Å². The fourth-order valence-electron chi connectivity index (χ4n) is 2.00. The molecule has 0 bridgehead atoms. The minimum Gasteiger partial charge on any atom is -0.504 e. The number of phenols is 2. The first-order valence-corrected chi connectivity index (χ1v) is 6.32. The van der Waals surface area contributed by atoms with E-state index in [0.29, 0.717) is 18.0 Å². The highest BCUT2D eigenvalue weighted by Crippen LogP contribution is 2.32. The van der Waals surface area contributed by atoms with Crippen LogP contribution in [0.3, 0.4) is 0 Å². The first-order chi connectivity index (χ1) is 10.1. The SMILES string of the molecule is O=C(NCc1ccc2c(c1)OCO2)c1ccc(O)c(O)c1. The number of aromatic hydroxyl groups is 2. The van der Waals surface area contributed by atoms with Gasteiger partial charge in [0.2, 0.25) is 6.79 Å². The van der Waals surface area contributed by atoms with Crippen molar-refractivity contribution in [2.24, 2.45) is 0 Å². The molecule has 2 aromatic carbocycles. The number of ether oxygens (including phenoxy) is 2. The quantitative estimate of drug-likeness (QED) is 0.749. The van der Waals surface area contributed by atoms with Crippen LogP contribution in [0.5, 0.6) is 23.0 Å². The minimum atomic E-state index is -0.344. The number of nitrogens with one attached hydrogen (secondary N) is 1. The molecule has 0 saturated carbocycles. The first kappa shape index (κ1) is 13.1. The van der Waals surface area contributed by atoms with Crippen LogP contribution in [0.15, 0.2) is 36.4 Å². The van der Waals surface area contributed by atoms with Gasteiger partial charge in [-0.15, -0.1) is 0 Å². The maximum Gasteiger partial charge on any atom is 0.251 e. The van der Waals surface area contributed by atoms with Crippen LogP contribution in [0.4, 0.5) is 0 Å². The normalized spacial score (nSPS) is 12.2. The number of carbonyl (C=O) groups is 1. The van der Waals surface area contributed by atoms with E-state index in [-0.39, 0.29) is 29.8 Å². The van der Waals surface area contributed by atoms with Gasteiger partial charge in [0.05, 0.1) is 0 Å². The molecule has 0 saturated heterocycles. The van der Waals surface area contributed by atoms with Gasteiger partial charge in [-0.1, -0.05) is 6.07 Å². The largest absolute Gasteiger partial charge is 0.504 e. The van der Waals surface area contributed by atoms with E-state index in [0.717, 1.165) is 5.56 Å². The van der Waals surface area contributed by atoms with Gasteiger partial charge < -0.3 is 25.0 Å². The molecule has 21 heavy (non-hydrogen) atoms. The molecule has 6 heteroatoms. The number of fused-ring (bicyclic) bond motifs is 1. The van der Waals surface area contributed by atoms with Gasteiger partial charge in [0.15, 0.2) is 23.0 Å². The zero-order valence-electron chi connectivity index (χ0n) is 11.0. The number of rotatable bonds is 3. The van der Waals surface area contributed by atoms with E-state index in [2.05, 4.69) is 5.32 Å². The Balaban J connectivity index is 1.67. The van der Waals surface area contributed by atoms with Crippen LogP contribution in [0.25, 0.3) is 0 Å². The van der Waals surface area contributed by atoms with Crippen LogP contribution < -0.4 is 14.8 Å². The van der Waals surface area contributed by atoms with Crippen molar-refractivity contribution >= 4 is 5.91 Å². The second kappa shape index (κ2) is 5.24. The molecule has 1 heterocycles. The van der Waals surface area contributed by atoms with E-state index in [1.54, 1.807) is 12.1 Å². The van der Waals surface area contributed by atoms with Crippen molar-refractivity contribution in [2.75, 3.05) is 6.79 Å². The summed E-state index contributed by atoms with van der Waals surface area (Å²) in [5.41, 5.74) is 1.14. The number of benzene rings is 2. The van der Waals surface area contributed by atoms with E-state index < -0.39 is 0 Å². The van der Waals surface area contributed by atoms with Crippen molar-refractivity contribution in [1.29, 1.82) is 0 Å². The van der Waals surface area contributed by atoms with Gasteiger partial charge >= 0.3 is 0 Å². The van der Waals surface area contributed by atoms with Crippen LogP contribution in [0.2, 0.25) is 0 Å². The Kier molecular flexibility index (Phi) is 3.27. The van der Waals surface area contributed by atoms with Crippen molar-refractivity contribution in [2.45, 2.75) is 6.54 Å². The fraction of sp³-hybridized carbons (Fsp3) is 0.133. The predicted octanol–water partition coefficient (Wildman–Crippen LogP) is 1.76. The van der Waals surface area contributed by atoms with Gasteiger partial charge in [-0.05, 0) is 35.9 Å². The topological polar surface area (TPSA) is 88.0 Å². The van der Waals surface area contributed by atoms with Crippen LogP contribution in [-0.4, -0.2) is 22.9 Å². The van der Waals surface area contributed by atoms with Gasteiger partial charge in [-0.3, -0.25) is 4.79 Å². The molecule has 0 aliphatic carbocycles. The van der Waals surface area contributed by atoms with Gasteiger partial charge in [0.25, 0.3) is 5.91 Å². The number of hydrogen-bond donors (Lipinski definition) is 3. The van der Waals surface area contributed by atoms with E-state index in [9.17, 15) is 15.0 Å². The zero-order chi connectivity index (χ0) is 14.8. The lowest BCUT2D eigenvalue weighted by Gasteiger charge is -2.07. The van der Waals surface area contributed by atoms with E-state index in [4.69, 9.17) is 9.47 Å². The third-order valence-corrected chi connectivity index (χ3v) is 3.13. The zero-order valence-corrected chi connectivity index (χ0v) is 11.0. The highest BCUT2D eigenvalue weighted by atomic mass is 16.7. The highest BCUT2D eigenvalue weighted by Gasteiger charge is 2.14. The van der Waals surface area contributed by atoms with Gasteiger partial charge in [0, 0.05) is 12.1 Å². The second-order valence-corrected chi connectivity index (χ2v) is 4.57. The number of hydrogen-bond acceptors (Lipinski definition) is 5. The summed E-state index contributed by atoms with van der Waals surface area (Å²) < 4.78 is 10.5. The third kappa shape index (κ3) is 2.69. The van der Waals surface area contributed by atoms with Crippen LogP contribution in [0, 0.1) is 0 Å². The summed E-state index contributed by atoms with van der Waals surface area (Å²) in [4.78, 5) is 12.0. The maximum absolute atomic E-state index is 12.0. The van der Waals surface area contributed by atoms with Gasteiger partial charge in [-0.2, -0.15) is 0 Å². The molecular formula is C15H13NO5. The van der Waals surface area contributed by atoms with Crippen LogP contribution in [0.1, 0.15) is 15.9 Å². The average Bonchev–Trinajstić information content (AvgIpc) is 2.95. The summed E-state index contributed by atoms with van der Waals surface area (Å²) in [7, 11) is 0. The van der Waals surface area contributed by atoms with Crippen molar-refractivity contribution in [1.82, 2.24) is 5.32 Å². The molecule has 6 nitrogen and oxygen atoms in total. The Labute approximate surface area is 120 Å². The summed E-state index contributed by atoms with van der Waals surface area (Å²) in [6.45, 7) is 0.523. The summed E-state index contributed by atoms with van der Waals surface area (Å²) in [5.74, 6) is 0.411. The van der Waals surface area contributed by atoms with Crippen molar-refractivity contribution in [3.8, 4) is 23.0 Å². The summed E-state index contributed by atoms with van der Waals surface area (Å²) in [5, 5.41) is 21.3. The first-order valence-electron chi connectivity index (χ1n) is 6.32. The molecule has 0 aromatic heterocycles. The summed E-state index contributed by atoms with van der Waals surface area (Å²) in [6, 6.07) is 9.34. The number of carbonyl (C=O) groups excluding carboxylic acids is 1. The Hall–Kier alpha value is -2.89.